The number of hydrogen-bond acceptors (Lipinski definition) is 5. The summed E-state index contributed by atoms with van der Waals surface area (Å²) in [6, 6.07) is 2.07. The molecule has 0 spiro atoms. The smallest absolute Gasteiger partial charge is 0.318 e. The number of amides is 1. The van der Waals surface area contributed by atoms with Gasteiger partial charge in [0.1, 0.15) is 5.92 Å². The highest BCUT2D eigenvalue weighted by molar-refractivity contribution is 7.84. The van der Waals surface area contributed by atoms with E-state index in [-0.39, 0.29) is 16.3 Å². The molecular weight excluding hydrogens is 312 g/mol. The van der Waals surface area contributed by atoms with E-state index in [1.165, 1.54) is 7.11 Å². The van der Waals surface area contributed by atoms with Crippen molar-refractivity contribution in [1.29, 1.82) is 5.26 Å². The molecule has 2 rings (SSSR count). The summed E-state index contributed by atoms with van der Waals surface area (Å²) in [5.74, 6) is -2.82. The Bertz CT molecular complexity index is 529. The van der Waals surface area contributed by atoms with Crippen LogP contribution >= 0.6 is 24.2 Å². The minimum absolute atomic E-state index is 0.104. The maximum Gasteiger partial charge on any atom is 0.318 e. The maximum absolute atomic E-state index is 12.2. The zero-order valence-electron chi connectivity index (χ0n) is 11.6. The average Bonchev–Trinajstić information content (AvgIpc) is 2.46. The second kappa shape index (κ2) is 6.71. The first kappa shape index (κ1) is 16.2. The number of alkyl halides is 1. The van der Waals surface area contributed by atoms with Gasteiger partial charge in [-0.25, -0.2) is 0 Å². The molecule has 114 valence electrons. The van der Waals surface area contributed by atoms with E-state index in [2.05, 4.69) is 24.0 Å². The maximum atomic E-state index is 12.2. The Morgan fingerprint density at radius 2 is 2.14 bits per heavy atom. The third-order valence-electron chi connectivity index (χ3n) is 4.24. The van der Waals surface area contributed by atoms with Crippen molar-refractivity contribution in [2.45, 2.75) is 31.1 Å². The largest absolute Gasteiger partial charge is 0.468 e. The van der Waals surface area contributed by atoms with Gasteiger partial charge in [0.05, 0.1) is 23.8 Å². The van der Waals surface area contributed by atoms with Gasteiger partial charge in [-0.1, -0.05) is 12.8 Å². The number of ether oxygens (including phenoxy) is 1. The molecule has 1 amide bonds. The van der Waals surface area contributed by atoms with Crippen molar-refractivity contribution in [3.63, 3.8) is 0 Å². The van der Waals surface area contributed by atoms with E-state index >= 15 is 0 Å². The van der Waals surface area contributed by atoms with Crippen LogP contribution in [0.3, 0.4) is 0 Å². The van der Waals surface area contributed by atoms with E-state index in [0.717, 1.165) is 25.7 Å². The number of nitriles is 1. The molecule has 7 heteroatoms. The van der Waals surface area contributed by atoms with Crippen LogP contribution in [0.1, 0.15) is 25.7 Å². The standard InChI is InChI=1S/C14H17ClN2O3S/c1-20-14(19)11-10(7-4-2-3-5-9(7)15)8(6-16)13(21)17-12(11)18/h7,9-11,21H,2-5H2,1H3,(H,17,18). The highest BCUT2D eigenvalue weighted by Gasteiger charge is 2.48. The van der Waals surface area contributed by atoms with Crippen molar-refractivity contribution in [3.8, 4) is 6.07 Å². The van der Waals surface area contributed by atoms with E-state index in [4.69, 9.17) is 16.3 Å². The molecule has 0 radical (unpaired) electrons. The van der Waals surface area contributed by atoms with Crippen LogP contribution in [-0.2, 0) is 14.3 Å². The molecular formula is C14H17ClN2O3S. The number of nitrogens with one attached hydrogen (secondary N) is 1. The van der Waals surface area contributed by atoms with Crippen molar-refractivity contribution in [2.75, 3.05) is 7.11 Å². The molecule has 1 aliphatic carbocycles. The number of nitrogens with zero attached hydrogens (tertiary/aromatic N) is 1. The molecule has 0 saturated heterocycles. The lowest BCUT2D eigenvalue weighted by Crippen LogP contribution is -2.49. The number of thiol groups is 1. The van der Waals surface area contributed by atoms with Gasteiger partial charge in [0, 0.05) is 11.3 Å². The third kappa shape index (κ3) is 3.04. The fourth-order valence-corrected chi connectivity index (χ4v) is 3.98. The summed E-state index contributed by atoms with van der Waals surface area (Å²) in [5, 5.41) is 11.9. The van der Waals surface area contributed by atoms with Gasteiger partial charge in [-0.2, -0.15) is 5.26 Å². The summed E-state index contributed by atoms with van der Waals surface area (Å²) in [4.78, 5) is 24.2. The van der Waals surface area contributed by atoms with Crippen molar-refractivity contribution in [1.82, 2.24) is 5.32 Å². The topological polar surface area (TPSA) is 79.2 Å². The highest BCUT2D eigenvalue weighted by Crippen LogP contribution is 2.43. The fourth-order valence-electron chi connectivity index (χ4n) is 3.24. The van der Waals surface area contributed by atoms with Crippen LogP contribution in [0.5, 0.6) is 0 Å². The molecule has 4 atom stereocenters. The van der Waals surface area contributed by atoms with Gasteiger partial charge in [0.25, 0.3) is 0 Å². The van der Waals surface area contributed by atoms with Gasteiger partial charge in [-0.15, -0.1) is 24.2 Å². The summed E-state index contributed by atoms with van der Waals surface area (Å²) in [6.45, 7) is 0. The number of esters is 1. The monoisotopic (exact) mass is 328 g/mol. The number of halogens is 1. The molecule has 5 nitrogen and oxygen atoms in total. The Morgan fingerprint density at radius 3 is 2.71 bits per heavy atom. The van der Waals surface area contributed by atoms with Crippen LogP contribution < -0.4 is 5.32 Å². The summed E-state index contributed by atoms with van der Waals surface area (Å²) in [5.41, 5.74) is 0.311. The first-order valence-corrected chi connectivity index (χ1v) is 7.75. The second-order valence-electron chi connectivity index (χ2n) is 5.35. The Hall–Kier alpha value is -1.19. The molecule has 1 saturated carbocycles. The first-order chi connectivity index (χ1) is 10.0. The van der Waals surface area contributed by atoms with Gasteiger partial charge < -0.3 is 10.1 Å². The Morgan fingerprint density at radius 1 is 1.48 bits per heavy atom. The number of allylic oxidation sites excluding steroid dienone is 1. The summed E-state index contributed by atoms with van der Waals surface area (Å²) in [7, 11) is 1.23. The molecule has 0 aromatic heterocycles. The van der Waals surface area contributed by atoms with E-state index in [9.17, 15) is 14.9 Å². The number of hydrogen-bond donors (Lipinski definition) is 2. The van der Waals surface area contributed by atoms with Crippen LogP contribution in [0.25, 0.3) is 0 Å². The normalized spacial score (nSPS) is 33.1. The zero-order chi connectivity index (χ0) is 15.6. The number of carbonyl (C=O) groups excluding carboxylic acids is 2. The lowest BCUT2D eigenvalue weighted by molar-refractivity contribution is -0.153. The second-order valence-corrected chi connectivity index (χ2v) is 6.36. The Kier molecular flexibility index (Phi) is 5.17. The van der Waals surface area contributed by atoms with Gasteiger partial charge in [0.15, 0.2) is 0 Å². The zero-order valence-corrected chi connectivity index (χ0v) is 13.3. The Labute approximate surface area is 134 Å². The quantitative estimate of drug-likeness (QED) is 0.351. The SMILES string of the molecule is COC(=O)C1C(=O)NC(S)=C(C#N)C1C1CCCCC1Cl. The first-order valence-electron chi connectivity index (χ1n) is 6.87. The van der Waals surface area contributed by atoms with E-state index in [0.29, 0.717) is 5.57 Å². The molecule has 21 heavy (non-hydrogen) atoms. The molecule has 1 aliphatic heterocycles. The molecule has 1 N–H and O–H groups in total. The highest BCUT2D eigenvalue weighted by atomic mass is 35.5. The lowest BCUT2D eigenvalue weighted by Gasteiger charge is -2.39. The minimum atomic E-state index is -1.04. The summed E-state index contributed by atoms with van der Waals surface area (Å²) in [6.07, 6.45) is 3.59. The van der Waals surface area contributed by atoms with E-state index in [1.54, 1.807) is 0 Å². The van der Waals surface area contributed by atoms with Gasteiger partial charge in [-0.05, 0) is 18.8 Å². The van der Waals surface area contributed by atoms with Crippen LogP contribution in [0.15, 0.2) is 10.6 Å². The molecule has 0 aromatic carbocycles. The van der Waals surface area contributed by atoms with Gasteiger partial charge in [-0.3, -0.25) is 9.59 Å². The number of methoxy groups -OCH3 is 1. The van der Waals surface area contributed by atoms with Crippen LogP contribution in [0, 0.1) is 29.1 Å². The van der Waals surface area contributed by atoms with E-state index < -0.39 is 23.7 Å². The molecule has 1 fully saturated rings. The molecule has 0 aromatic rings. The fraction of sp³-hybridized carbons (Fsp3) is 0.643. The van der Waals surface area contributed by atoms with Crippen LogP contribution in [0.2, 0.25) is 0 Å². The summed E-state index contributed by atoms with van der Waals surface area (Å²) < 4.78 is 4.74. The third-order valence-corrected chi connectivity index (χ3v) is 5.13. The van der Waals surface area contributed by atoms with Crippen molar-refractivity contribution in [3.05, 3.63) is 10.6 Å². The van der Waals surface area contributed by atoms with Gasteiger partial charge >= 0.3 is 5.97 Å². The van der Waals surface area contributed by atoms with Crippen LogP contribution in [-0.4, -0.2) is 24.4 Å². The summed E-state index contributed by atoms with van der Waals surface area (Å²) >= 11 is 10.6. The molecule has 4 unspecified atom stereocenters. The van der Waals surface area contributed by atoms with Crippen molar-refractivity contribution < 1.29 is 14.3 Å². The van der Waals surface area contributed by atoms with Gasteiger partial charge in [0.2, 0.25) is 5.91 Å². The number of rotatable bonds is 2. The average molecular weight is 329 g/mol. The van der Waals surface area contributed by atoms with Crippen LogP contribution in [0.4, 0.5) is 0 Å². The lowest BCUT2D eigenvalue weighted by atomic mass is 9.69. The van der Waals surface area contributed by atoms with Crippen molar-refractivity contribution in [2.24, 2.45) is 17.8 Å². The molecule has 1 heterocycles. The molecule has 0 bridgehead atoms. The number of carbonyl (C=O) groups is 2. The minimum Gasteiger partial charge on any atom is -0.468 e. The predicted molar refractivity (Wildman–Crippen MR) is 80.4 cm³/mol. The Balaban J connectivity index is 2.46. The predicted octanol–water partition coefficient (Wildman–Crippen LogP) is 1.98. The van der Waals surface area contributed by atoms with Crippen molar-refractivity contribution >= 4 is 36.1 Å². The molecule has 2 aliphatic rings. The van der Waals surface area contributed by atoms with E-state index in [1.807, 2.05) is 0 Å².